The number of halogens is 2. The molecule has 7 nitrogen and oxygen atoms in total. The number of benzene rings is 2. The summed E-state index contributed by atoms with van der Waals surface area (Å²) >= 11 is 4.20. The van der Waals surface area contributed by atoms with Crippen molar-refractivity contribution < 1.29 is 33.0 Å². The van der Waals surface area contributed by atoms with Crippen LogP contribution >= 0.6 is 27.7 Å². The summed E-state index contributed by atoms with van der Waals surface area (Å²) in [6.45, 7) is 5.24. The van der Waals surface area contributed by atoms with E-state index in [9.17, 15) is 18.8 Å². The summed E-state index contributed by atoms with van der Waals surface area (Å²) in [7, 11) is 0. The molecule has 0 saturated carbocycles. The Hall–Kier alpha value is -2.85. The minimum atomic E-state index is -0.654. The van der Waals surface area contributed by atoms with Gasteiger partial charge in [0.2, 0.25) is 0 Å². The molecule has 0 N–H and O–H groups in total. The zero-order valence-corrected chi connectivity index (χ0v) is 21.2. The van der Waals surface area contributed by atoms with Gasteiger partial charge in [-0.3, -0.25) is 19.3 Å². The number of thioether (sulfide) groups is 1. The van der Waals surface area contributed by atoms with Gasteiger partial charge in [0.05, 0.1) is 17.6 Å². The molecule has 0 atom stereocenters. The summed E-state index contributed by atoms with van der Waals surface area (Å²) in [5.41, 5.74) is 1.24. The fourth-order valence-electron chi connectivity index (χ4n) is 3.04. The van der Waals surface area contributed by atoms with Crippen LogP contribution in [0, 0.1) is 5.82 Å². The molecule has 2 aromatic carbocycles. The minimum Gasteiger partial charge on any atom is -0.490 e. The highest BCUT2D eigenvalue weighted by Crippen LogP contribution is 2.38. The predicted octanol–water partition coefficient (Wildman–Crippen LogP) is 5.55. The van der Waals surface area contributed by atoms with Gasteiger partial charge in [-0.05, 0) is 74.0 Å². The van der Waals surface area contributed by atoms with Crippen LogP contribution in [0.15, 0.2) is 45.8 Å². The Morgan fingerprint density at radius 2 is 1.91 bits per heavy atom. The first-order valence-electron chi connectivity index (χ1n) is 10.5. The zero-order chi connectivity index (χ0) is 24.8. The van der Waals surface area contributed by atoms with E-state index in [1.807, 2.05) is 6.92 Å². The summed E-state index contributed by atoms with van der Waals surface area (Å²) in [6.07, 6.45) is 1.19. The second-order valence-corrected chi connectivity index (χ2v) is 9.33. The summed E-state index contributed by atoms with van der Waals surface area (Å²) in [5, 5.41) is -0.548. The molecule has 34 heavy (non-hydrogen) atoms. The van der Waals surface area contributed by atoms with Crippen LogP contribution in [0.5, 0.6) is 11.5 Å². The molecule has 3 rings (SSSR count). The van der Waals surface area contributed by atoms with Gasteiger partial charge in [-0.25, -0.2) is 4.39 Å². The fraction of sp³-hybridized carbons (Fsp3) is 0.292. The second kappa shape index (κ2) is 11.5. The number of carbonyl (C=O) groups excluding carboxylic acids is 3. The Balaban J connectivity index is 1.81. The van der Waals surface area contributed by atoms with Crippen LogP contribution in [0.2, 0.25) is 0 Å². The van der Waals surface area contributed by atoms with Gasteiger partial charge in [-0.1, -0.05) is 28.1 Å². The van der Waals surface area contributed by atoms with E-state index in [0.717, 1.165) is 16.7 Å². The van der Waals surface area contributed by atoms with Crippen molar-refractivity contribution in [2.24, 2.45) is 0 Å². The normalized spacial score (nSPS) is 14.8. The molecule has 1 aliphatic heterocycles. The molecule has 10 heteroatoms. The van der Waals surface area contributed by atoms with Crippen LogP contribution in [0.25, 0.3) is 6.08 Å². The number of hydrogen-bond acceptors (Lipinski definition) is 7. The number of esters is 1. The first-order chi connectivity index (χ1) is 16.2. The number of rotatable bonds is 9. The van der Waals surface area contributed by atoms with Gasteiger partial charge in [0.1, 0.15) is 19.0 Å². The summed E-state index contributed by atoms with van der Waals surface area (Å²) in [4.78, 5) is 37.9. The van der Waals surface area contributed by atoms with Gasteiger partial charge in [0.25, 0.3) is 11.1 Å². The van der Waals surface area contributed by atoms with E-state index in [4.69, 9.17) is 14.2 Å². The van der Waals surface area contributed by atoms with E-state index in [-0.39, 0.29) is 23.4 Å². The van der Waals surface area contributed by atoms with Crippen LogP contribution in [0.4, 0.5) is 9.18 Å². The summed E-state index contributed by atoms with van der Waals surface area (Å²) < 4.78 is 30.6. The molecule has 0 radical (unpaired) electrons. The van der Waals surface area contributed by atoms with Crippen molar-refractivity contribution in [1.82, 2.24) is 4.90 Å². The lowest BCUT2D eigenvalue weighted by Gasteiger charge is -2.14. The largest absolute Gasteiger partial charge is 0.490 e. The lowest BCUT2D eigenvalue weighted by molar-refractivity contribution is -0.149. The third-order valence-corrected chi connectivity index (χ3v) is 6.05. The fourth-order valence-corrected chi connectivity index (χ4v) is 4.30. The van der Waals surface area contributed by atoms with Crippen molar-refractivity contribution >= 4 is 50.9 Å². The number of carbonyl (C=O) groups is 3. The maximum Gasteiger partial charge on any atom is 0.326 e. The Bertz CT molecular complexity index is 1140. The van der Waals surface area contributed by atoms with Crippen LogP contribution in [-0.4, -0.2) is 41.3 Å². The van der Waals surface area contributed by atoms with Crippen LogP contribution in [0.1, 0.15) is 31.9 Å². The van der Waals surface area contributed by atoms with Gasteiger partial charge in [0, 0.05) is 4.47 Å². The highest BCUT2D eigenvalue weighted by Gasteiger charge is 2.37. The van der Waals surface area contributed by atoms with Gasteiger partial charge in [0.15, 0.2) is 11.5 Å². The average molecular weight is 552 g/mol. The Morgan fingerprint density at radius 3 is 2.59 bits per heavy atom. The number of imide groups is 1. The number of nitrogens with zero attached hydrogens (tertiary/aromatic N) is 1. The zero-order valence-electron chi connectivity index (χ0n) is 18.8. The Labute approximate surface area is 209 Å². The first kappa shape index (κ1) is 25.8. The van der Waals surface area contributed by atoms with Crippen molar-refractivity contribution in [3.05, 3.63) is 62.7 Å². The highest BCUT2D eigenvalue weighted by atomic mass is 79.9. The summed E-state index contributed by atoms with van der Waals surface area (Å²) in [5.74, 6) is -0.730. The molecule has 1 fully saturated rings. The molecule has 1 heterocycles. The second-order valence-electron chi connectivity index (χ2n) is 7.48. The molecule has 1 saturated heterocycles. The SMILES string of the molecule is CCOc1cc(/C=C2/SC(=O)N(CC(=O)OC(C)C)C2=O)c(Br)cc1OCc1cccc(F)c1. The molecule has 0 spiro atoms. The van der Waals surface area contributed by atoms with Crippen LogP contribution < -0.4 is 9.47 Å². The van der Waals surface area contributed by atoms with E-state index in [1.54, 1.807) is 44.2 Å². The maximum absolute atomic E-state index is 13.4. The summed E-state index contributed by atoms with van der Waals surface area (Å²) in [6, 6.07) is 9.45. The topological polar surface area (TPSA) is 82.1 Å². The number of hydrogen-bond donors (Lipinski definition) is 0. The lowest BCUT2D eigenvalue weighted by Crippen LogP contribution is -2.35. The molecule has 0 bridgehead atoms. The molecule has 2 aromatic rings. The number of ether oxygens (including phenoxy) is 3. The van der Waals surface area contributed by atoms with E-state index in [1.165, 1.54) is 12.1 Å². The van der Waals surface area contributed by atoms with Crippen molar-refractivity contribution in [2.75, 3.05) is 13.2 Å². The molecular formula is C24H23BrFNO6S. The third-order valence-electron chi connectivity index (χ3n) is 4.46. The smallest absolute Gasteiger partial charge is 0.326 e. The monoisotopic (exact) mass is 551 g/mol. The Kier molecular flexibility index (Phi) is 8.73. The van der Waals surface area contributed by atoms with Crippen molar-refractivity contribution in [3.8, 4) is 11.5 Å². The first-order valence-corrected chi connectivity index (χ1v) is 12.1. The molecule has 1 aliphatic rings. The van der Waals surface area contributed by atoms with Crippen molar-refractivity contribution in [3.63, 3.8) is 0 Å². The average Bonchev–Trinajstić information content (AvgIpc) is 3.02. The van der Waals surface area contributed by atoms with Crippen molar-refractivity contribution in [2.45, 2.75) is 33.5 Å². The van der Waals surface area contributed by atoms with Gasteiger partial charge in [-0.15, -0.1) is 0 Å². The molecule has 180 valence electrons. The molecule has 0 aromatic heterocycles. The van der Waals surface area contributed by atoms with E-state index >= 15 is 0 Å². The minimum absolute atomic E-state index is 0.134. The molecule has 0 unspecified atom stereocenters. The predicted molar refractivity (Wildman–Crippen MR) is 130 cm³/mol. The van der Waals surface area contributed by atoms with E-state index in [2.05, 4.69) is 15.9 Å². The van der Waals surface area contributed by atoms with Gasteiger partial charge >= 0.3 is 5.97 Å². The number of amides is 2. The van der Waals surface area contributed by atoms with E-state index < -0.39 is 23.7 Å². The van der Waals surface area contributed by atoms with Crippen LogP contribution in [0.3, 0.4) is 0 Å². The van der Waals surface area contributed by atoms with Gasteiger partial charge < -0.3 is 14.2 Å². The van der Waals surface area contributed by atoms with Gasteiger partial charge in [-0.2, -0.15) is 0 Å². The van der Waals surface area contributed by atoms with Crippen molar-refractivity contribution in [1.29, 1.82) is 0 Å². The van der Waals surface area contributed by atoms with Crippen LogP contribution in [-0.2, 0) is 20.9 Å². The molecule has 0 aliphatic carbocycles. The third kappa shape index (κ3) is 6.60. The molecule has 2 amide bonds. The standard InChI is InChI=1S/C24H23BrFNO6S/c1-4-31-19-9-16(18(25)11-20(19)32-13-15-6-5-7-17(26)8-15)10-21-23(29)27(24(30)34-21)12-22(28)33-14(2)3/h5-11,14H,4,12-13H2,1-3H3/b21-10+. The maximum atomic E-state index is 13.4. The quantitative estimate of drug-likeness (QED) is 0.298. The molecular weight excluding hydrogens is 529 g/mol. The lowest BCUT2D eigenvalue weighted by atomic mass is 10.1. The highest BCUT2D eigenvalue weighted by molar-refractivity contribution is 9.10. The van der Waals surface area contributed by atoms with E-state index in [0.29, 0.717) is 33.7 Å². The Morgan fingerprint density at radius 1 is 1.18 bits per heavy atom.